The fourth-order valence-corrected chi connectivity index (χ4v) is 3.22. The van der Waals surface area contributed by atoms with Gasteiger partial charge in [-0.2, -0.15) is 0 Å². The molecular formula is C18H18N2. The zero-order valence-corrected chi connectivity index (χ0v) is 11.4. The van der Waals surface area contributed by atoms with Gasteiger partial charge >= 0.3 is 0 Å². The van der Waals surface area contributed by atoms with Gasteiger partial charge in [0.15, 0.2) is 0 Å². The molecule has 0 spiro atoms. The third-order valence-electron chi connectivity index (χ3n) is 4.30. The highest BCUT2D eigenvalue weighted by Crippen LogP contribution is 2.30. The summed E-state index contributed by atoms with van der Waals surface area (Å²) in [4.78, 5) is 3.24. The molecule has 0 aliphatic heterocycles. The Balaban J connectivity index is 1.51. The Kier molecular flexibility index (Phi) is 2.82. The van der Waals surface area contributed by atoms with Crippen LogP contribution in [0.2, 0.25) is 0 Å². The third-order valence-corrected chi connectivity index (χ3v) is 4.30. The Morgan fingerprint density at radius 2 is 2.05 bits per heavy atom. The van der Waals surface area contributed by atoms with E-state index < -0.39 is 0 Å². The zero-order chi connectivity index (χ0) is 13.4. The van der Waals surface area contributed by atoms with Crippen LogP contribution in [-0.2, 0) is 13.0 Å². The number of aryl methyl sites for hydroxylation is 1. The summed E-state index contributed by atoms with van der Waals surface area (Å²) in [5, 5.41) is 4.99. The maximum atomic E-state index is 3.70. The molecule has 20 heavy (non-hydrogen) atoms. The minimum atomic E-state index is 0.508. The molecule has 3 aromatic rings. The van der Waals surface area contributed by atoms with Gasteiger partial charge in [-0.05, 0) is 53.1 Å². The summed E-state index contributed by atoms with van der Waals surface area (Å²) in [5.41, 5.74) is 5.54. The van der Waals surface area contributed by atoms with Gasteiger partial charge in [-0.25, -0.2) is 0 Å². The van der Waals surface area contributed by atoms with E-state index in [0.717, 1.165) is 6.54 Å². The van der Waals surface area contributed by atoms with Gasteiger partial charge in [0, 0.05) is 24.3 Å². The summed E-state index contributed by atoms with van der Waals surface area (Å²) in [6.07, 6.45) is 4.41. The maximum Gasteiger partial charge on any atom is 0.0454 e. The highest BCUT2D eigenvalue weighted by Gasteiger charge is 2.20. The van der Waals surface area contributed by atoms with E-state index in [1.54, 1.807) is 0 Å². The summed E-state index contributed by atoms with van der Waals surface area (Å²) >= 11 is 0. The summed E-state index contributed by atoms with van der Waals surface area (Å²) in [6.45, 7) is 0.931. The highest BCUT2D eigenvalue weighted by molar-refractivity contribution is 5.79. The van der Waals surface area contributed by atoms with Crippen molar-refractivity contribution < 1.29 is 0 Å². The third kappa shape index (κ3) is 2.02. The standard InChI is InChI=1S/C18H18N2/c1-2-4-16-14(3-1)6-8-18(16)20-12-13-5-7-17-15(11-13)9-10-19-17/h1-5,7,9-11,18-20H,6,8,12H2. The molecule has 2 aromatic carbocycles. The molecule has 0 fully saturated rings. The van der Waals surface area contributed by atoms with Crippen LogP contribution in [0.25, 0.3) is 10.9 Å². The van der Waals surface area contributed by atoms with Crippen molar-refractivity contribution in [2.45, 2.75) is 25.4 Å². The van der Waals surface area contributed by atoms with E-state index in [-0.39, 0.29) is 0 Å². The first-order valence-electron chi connectivity index (χ1n) is 7.27. The highest BCUT2D eigenvalue weighted by atomic mass is 14.9. The van der Waals surface area contributed by atoms with Crippen LogP contribution in [0.15, 0.2) is 54.7 Å². The van der Waals surface area contributed by atoms with Gasteiger partial charge in [-0.1, -0.05) is 30.3 Å². The minimum Gasteiger partial charge on any atom is -0.361 e. The molecule has 1 heterocycles. The van der Waals surface area contributed by atoms with Crippen molar-refractivity contribution >= 4 is 10.9 Å². The molecule has 4 rings (SSSR count). The number of H-pyrrole nitrogens is 1. The van der Waals surface area contributed by atoms with Crippen LogP contribution in [0.1, 0.15) is 29.2 Å². The summed E-state index contributed by atoms with van der Waals surface area (Å²) in [6, 6.07) is 18.1. The van der Waals surface area contributed by atoms with E-state index in [1.807, 2.05) is 6.20 Å². The van der Waals surface area contributed by atoms with Gasteiger partial charge in [0.25, 0.3) is 0 Å². The van der Waals surface area contributed by atoms with Crippen LogP contribution < -0.4 is 5.32 Å². The number of benzene rings is 2. The molecule has 100 valence electrons. The normalized spacial score (nSPS) is 17.5. The van der Waals surface area contributed by atoms with Crippen LogP contribution >= 0.6 is 0 Å². The second-order valence-electron chi connectivity index (χ2n) is 5.57. The smallest absolute Gasteiger partial charge is 0.0454 e. The quantitative estimate of drug-likeness (QED) is 0.735. The second kappa shape index (κ2) is 4.80. The van der Waals surface area contributed by atoms with Crippen LogP contribution in [-0.4, -0.2) is 4.98 Å². The molecule has 1 aliphatic carbocycles. The van der Waals surface area contributed by atoms with Crippen molar-refractivity contribution in [3.63, 3.8) is 0 Å². The molecule has 0 amide bonds. The Labute approximate surface area is 118 Å². The van der Waals surface area contributed by atoms with Crippen LogP contribution in [0.5, 0.6) is 0 Å². The van der Waals surface area contributed by atoms with Crippen LogP contribution in [0.4, 0.5) is 0 Å². The Bertz CT molecular complexity index is 742. The van der Waals surface area contributed by atoms with E-state index in [1.165, 1.54) is 40.4 Å². The molecule has 0 bridgehead atoms. The number of aromatic amines is 1. The predicted octanol–water partition coefficient (Wildman–Crippen LogP) is 3.95. The average Bonchev–Trinajstić information content (AvgIpc) is 3.11. The number of aromatic nitrogens is 1. The van der Waals surface area contributed by atoms with Gasteiger partial charge in [-0.3, -0.25) is 0 Å². The number of nitrogens with one attached hydrogen (secondary N) is 2. The Morgan fingerprint density at radius 3 is 3.05 bits per heavy atom. The van der Waals surface area contributed by atoms with Crippen LogP contribution in [0.3, 0.4) is 0 Å². The molecule has 1 atom stereocenters. The molecule has 2 nitrogen and oxygen atoms in total. The van der Waals surface area contributed by atoms with E-state index >= 15 is 0 Å². The molecule has 0 radical (unpaired) electrons. The molecule has 0 saturated carbocycles. The van der Waals surface area contributed by atoms with Crippen molar-refractivity contribution in [3.8, 4) is 0 Å². The van der Waals surface area contributed by atoms with Crippen LogP contribution in [0, 0.1) is 0 Å². The van der Waals surface area contributed by atoms with Gasteiger partial charge in [0.05, 0.1) is 0 Å². The fraction of sp³-hybridized carbons (Fsp3) is 0.222. The number of hydrogen-bond donors (Lipinski definition) is 2. The average molecular weight is 262 g/mol. The maximum absolute atomic E-state index is 3.70. The molecule has 0 saturated heterocycles. The lowest BCUT2D eigenvalue weighted by Gasteiger charge is -2.14. The number of hydrogen-bond acceptors (Lipinski definition) is 1. The SMILES string of the molecule is c1ccc2c(c1)CCC2NCc1ccc2[nH]ccc2c1. The Hall–Kier alpha value is -2.06. The van der Waals surface area contributed by atoms with Gasteiger partial charge in [0.1, 0.15) is 0 Å². The first kappa shape index (κ1) is 11.7. The second-order valence-corrected chi connectivity index (χ2v) is 5.57. The largest absolute Gasteiger partial charge is 0.361 e. The summed E-state index contributed by atoms with van der Waals surface area (Å²) < 4.78 is 0. The molecule has 1 aromatic heterocycles. The molecule has 1 aliphatic rings. The monoisotopic (exact) mass is 262 g/mol. The molecule has 2 N–H and O–H groups in total. The Morgan fingerprint density at radius 1 is 1.10 bits per heavy atom. The van der Waals surface area contributed by atoms with Crippen molar-refractivity contribution in [3.05, 3.63) is 71.4 Å². The predicted molar refractivity (Wildman–Crippen MR) is 82.6 cm³/mol. The van der Waals surface area contributed by atoms with E-state index in [2.05, 4.69) is 58.8 Å². The molecular weight excluding hydrogens is 244 g/mol. The lowest BCUT2D eigenvalue weighted by atomic mass is 10.1. The lowest BCUT2D eigenvalue weighted by molar-refractivity contribution is 0.530. The van der Waals surface area contributed by atoms with Gasteiger partial charge in [0.2, 0.25) is 0 Å². The fourth-order valence-electron chi connectivity index (χ4n) is 3.22. The summed E-state index contributed by atoms with van der Waals surface area (Å²) in [7, 11) is 0. The topological polar surface area (TPSA) is 27.8 Å². The van der Waals surface area contributed by atoms with Gasteiger partial charge in [-0.15, -0.1) is 0 Å². The first-order chi connectivity index (χ1) is 9.90. The number of fused-ring (bicyclic) bond motifs is 2. The van der Waals surface area contributed by atoms with Crippen molar-refractivity contribution in [1.29, 1.82) is 0 Å². The van der Waals surface area contributed by atoms with E-state index in [0.29, 0.717) is 6.04 Å². The van der Waals surface area contributed by atoms with Gasteiger partial charge < -0.3 is 10.3 Å². The minimum absolute atomic E-state index is 0.508. The molecule has 1 unspecified atom stereocenters. The lowest BCUT2D eigenvalue weighted by Crippen LogP contribution is -2.18. The van der Waals surface area contributed by atoms with E-state index in [4.69, 9.17) is 0 Å². The van der Waals surface area contributed by atoms with Crippen molar-refractivity contribution in [1.82, 2.24) is 10.3 Å². The van der Waals surface area contributed by atoms with E-state index in [9.17, 15) is 0 Å². The number of rotatable bonds is 3. The van der Waals surface area contributed by atoms with Crippen molar-refractivity contribution in [2.24, 2.45) is 0 Å². The molecule has 2 heteroatoms. The zero-order valence-electron chi connectivity index (χ0n) is 11.4. The van der Waals surface area contributed by atoms with Crippen molar-refractivity contribution in [2.75, 3.05) is 0 Å². The summed E-state index contributed by atoms with van der Waals surface area (Å²) in [5.74, 6) is 0. The first-order valence-corrected chi connectivity index (χ1v) is 7.27.